The maximum absolute atomic E-state index is 4.39. The van der Waals surface area contributed by atoms with E-state index in [1.165, 1.54) is 16.8 Å². The molecule has 0 bridgehead atoms. The molecule has 0 aliphatic carbocycles. The quantitative estimate of drug-likeness (QED) is 0.685. The third-order valence-corrected chi connectivity index (χ3v) is 2.62. The summed E-state index contributed by atoms with van der Waals surface area (Å²) in [4.78, 5) is 4.39. The van der Waals surface area contributed by atoms with Crippen molar-refractivity contribution in [2.75, 3.05) is 11.9 Å². The minimum absolute atomic E-state index is 0.547. The lowest BCUT2D eigenvalue weighted by atomic mass is 9.96. The van der Waals surface area contributed by atoms with Gasteiger partial charge in [-0.2, -0.15) is 0 Å². The number of aromatic nitrogens is 1. The van der Waals surface area contributed by atoms with E-state index in [1.54, 1.807) is 0 Å². The smallest absolute Gasteiger partial charge is 0.0678 e. The minimum Gasteiger partial charge on any atom is -0.380 e. The van der Waals surface area contributed by atoms with Crippen LogP contribution in [0.5, 0.6) is 0 Å². The summed E-state index contributed by atoms with van der Waals surface area (Å²) < 4.78 is 0. The summed E-state index contributed by atoms with van der Waals surface area (Å²) in [5.41, 5.74) is 4.95. The van der Waals surface area contributed by atoms with Crippen molar-refractivity contribution in [1.82, 2.24) is 4.98 Å². The van der Waals surface area contributed by atoms with E-state index in [2.05, 4.69) is 36.8 Å². The molecule has 2 nitrogen and oxygen atoms in total. The minimum atomic E-state index is 0.547. The van der Waals surface area contributed by atoms with Crippen molar-refractivity contribution in [1.29, 1.82) is 0 Å². The van der Waals surface area contributed by atoms with Crippen molar-refractivity contribution in [3.05, 3.63) is 35.7 Å². The van der Waals surface area contributed by atoms with Crippen LogP contribution < -0.4 is 5.32 Å². The third kappa shape index (κ3) is 1.52. The van der Waals surface area contributed by atoms with Crippen molar-refractivity contribution < 1.29 is 0 Å². The van der Waals surface area contributed by atoms with E-state index in [1.807, 2.05) is 6.20 Å². The lowest BCUT2D eigenvalue weighted by molar-refractivity contribution is 0.846. The van der Waals surface area contributed by atoms with Gasteiger partial charge in [0.2, 0.25) is 0 Å². The van der Waals surface area contributed by atoms with E-state index >= 15 is 0 Å². The fourth-order valence-corrected chi connectivity index (χ4v) is 1.85. The van der Waals surface area contributed by atoms with Crippen LogP contribution >= 0.6 is 0 Å². The fourth-order valence-electron chi connectivity index (χ4n) is 1.85. The van der Waals surface area contributed by atoms with Crippen molar-refractivity contribution in [3.8, 4) is 0 Å². The Bertz CT molecular complexity index is 367. The molecule has 1 aliphatic heterocycles. The van der Waals surface area contributed by atoms with Gasteiger partial charge >= 0.3 is 0 Å². The molecule has 2 heterocycles. The van der Waals surface area contributed by atoms with Crippen LogP contribution in [-0.4, -0.2) is 11.5 Å². The first-order valence-corrected chi connectivity index (χ1v) is 5.06. The van der Waals surface area contributed by atoms with E-state index in [0.717, 1.165) is 18.7 Å². The van der Waals surface area contributed by atoms with Crippen molar-refractivity contribution in [2.45, 2.75) is 26.2 Å². The van der Waals surface area contributed by atoms with Crippen LogP contribution in [0.1, 0.15) is 31.0 Å². The zero-order valence-electron chi connectivity index (χ0n) is 8.80. The average molecular weight is 188 g/mol. The topological polar surface area (TPSA) is 24.9 Å². The molecular formula is C12H16N2. The van der Waals surface area contributed by atoms with E-state index in [9.17, 15) is 0 Å². The van der Waals surface area contributed by atoms with Gasteiger partial charge in [-0.3, -0.25) is 4.98 Å². The Morgan fingerprint density at radius 2 is 2.29 bits per heavy atom. The third-order valence-electron chi connectivity index (χ3n) is 2.62. The lowest BCUT2D eigenvalue weighted by Crippen LogP contribution is -2.17. The summed E-state index contributed by atoms with van der Waals surface area (Å²) in [6.07, 6.45) is 2.82. The molecule has 74 valence electrons. The number of rotatable bonds is 1. The Balaban J connectivity index is 2.46. The molecule has 1 aliphatic rings. The second kappa shape index (κ2) is 3.45. The monoisotopic (exact) mass is 188 g/mol. The number of anilines is 1. The molecule has 2 heteroatoms. The van der Waals surface area contributed by atoms with Gasteiger partial charge in [0.15, 0.2) is 0 Å². The molecule has 0 saturated carbocycles. The van der Waals surface area contributed by atoms with Crippen LogP contribution in [0.15, 0.2) is 24.4 Å². The average Bonchev–Trinajstić information content (AvgIpc) is 2.16. The maximum atomic E-state index is 4.39. The molecule has 14 heavy (non-hydrogen) atoms. The Morgan fingerprint density at radius 3 is 3.00 bits per heavy atom. The Kier molecular flexibility index (Phi) is 2.28. The summed E-state index contributed by atoms with van der Waals surface area (Å²) in [6, 6.07) is 2.10. The number of nitrogens with zero attached hydrogens (tertiary/aromatic N) is 1. The lowest BCUT2D eigenvalue weighted by Gasteiger charge is -2.23. The number of hydrogen-bond acceptors (Lipinski definition) is 2. The normalized spacial score (nSPS) is 15.2. The molecule has 0 unspecified atom stereocenters. The summed E-state index contributed by atoms with van der Waals surface area (Å²) in [7, 11) is 0. The molecule has 1 aromatic heterocycles. The van der Waals surface area contributed by atoms with E-state index in [0.29, 0.717) is 5.92 Å². The largest absolute Gasteiger partial charge is 0.380 e. The second-order valence-electron chi connectivity index (χ2n) is 4.16. The highest BCUT2D eigenvalue weighted by Crippen LogP contribution is 2.30. The van der Waals surface area contributed by atoms with Crippen LogP contribution in [0.2, 0.25) is 0 Å². The predicted molar refractivity (Wildman–Crippen MR) is 59.7 cm³/mol. The number of hydrogen-bond donors (Lipinski definition) is 1. The summed E-state index contributed by atoms with van der Waals surface area (Å²) in [5.74, 6) is 0.547. The van der Waals surface area contributed by atoms with Crippen LogP contribution in [0.4, 0.5) is 5.69 Å². The Hall–Kier alpha value is -1.31. The molecule has 0 aromatic carbocycles. The molecule has 0 amide bonds. The number of pyridine rings is 1. The molecule has 0 atom stereocenters. The van der Waals surface area contributed by atoms with E-state index in [-0.39, 0.29) is 0 Å². The number of fused-ring (bicyclic) bond motifs is 1. The van der Waals surface area contributed by atoms with Gasteiger partial charge in [-0.05, 0) is 17.5 Å². The van der Waals surface area contributed by atoms with Gasteiger partial charge in [-0.25, -0.2) is 0 Å². The van der Waals surface area contributed by atoms with Crippen LogP contribution in [0.25, 0.3) is 0 Å². The van der Waals surface area contributed by atoms with E-state index < -0.39 is 0 Å². The molecule has 1 aromatic rings. The zero-order valence-corrected chi connectivity index (χ0v) is 8.80. The summed E-state index contributed by atoms with van der Waals surface area (Å²) in [6.45, 7) is 9.29. The second-order valence-corrected chi connectivity index (χ2v) is 4.16. The van der Waals surface area contributed by atoms with Gasteiger partial charge in [0.25, 0.3) is 0 Å². The Morgan fingerprint density at radius 1 is 1.50 bits per heavy atom. The van der Waals surface area contributed by atoms with Crippen LogP contribution in [0.3, 0.4) is 0 Å². The molecule has 0 fully saturated rings. The van der Waals surface area contributed by atoms with Gasteiger partial charge in [-0.1, -0.05) is 26.0 Å². The first kappa shape index (κ1) is 9.25. The highest BCUT2D eigenvalue weighted by atomic mass is 14.9. The van der Waals surface area contributed by atoms with E-state index in [4.69, 9.17) is 0 Å². The first-order valence-electron chi connectivity index (χ1n) is 5.06. The SMILES string of the molecule is C=C1CNc2c(C(C)C)ccnc2C1. The maximum Gasteiger partial charge on any atom is 0.0678 e. The standard InChI is InChI=1S/C12H16N2/c1-8(2)10-4-5-13-11-6-9(3)7-14-12(10)11/h4-5,8,14H,3,6-7H2,1-2H3. The molecule has 0 saturated heterocycles. The molecule has 0 radical (unpaired) electrons. The Labute approximate surface area is 85.1 Å². The summed E-state index contributed by atoms with van der Waals surface area (Å²) in [5, 5.41) is 3.40. The van der Waals surface area contributed by atoms with Gasteiger partial charge < -0.3 is 5.32 Å². The molecular weight excluding hydrogens is 172 g/mol. The van der Waals surface area contributed by atoms with Gasteiger partial charge in [0.1, 0.15) is 0 Å². The highest BCUT2D eigenvalue weighted by molar-refractivity contribution is 5.59. The summed E-state index contributed by atoms with van der Waals surface area (Å²) >= 11 is 0. The van der Waals surface area contributed by atoms with Gasteiger partial charge in [0.05, 0.1) is 11.4 Å². The zero-order chi connectivity index (χ0) is 10.1. The molecule has 0 spiro atoms. The fraction of sp³-hybridized carbons (Fsp3) is 0.417. The van der Waals surface area contributed by atoms with Crippen molar-refractivity contribution in [3.63, 3.8) is 0 Å². The predicted octanol–water partition coefficient (Wildman–Crippen LogP) is 2.73. The number of nitrogens with one attached hydrogen (secondary N) is 1. The van der Waals surface area contributed by atoms with Crippen molar-refractivity contribution >= 4 is 5.69 Å². The van der Waals surface area contributed by atoms with Crippen LogP contribution in [-0.2, 0) is 6.42 Å². The molecule has 2 rings (SSSR count). The van der Waals surface area contributed by atoms with Gasteiger partial charge in [0, 0.05) is 19.2 Å². The van der Waals surface area contributed by atoms with Crippen LogP contribution in [0, 0.1) is 0 Å². The first-order chi connectivity index (χ1) is 6.68. The highest BCUT2D eigenvalue weighted by Gasteiger charge is 2.16. The van der Waals surface area contributed by atoms with Crippen molar-refractivity contribution in [2.24, 2.45) is 0 Å². The van der Waals surface area contributed by atoms with Gasteiger partial charge in [-0.15, -0.1) is 0 Å². The molecule has 1 N–H and O–H groups in total.